The van der Waals surface area contributed by atoms with Crippen LogP contribution in [0.25, 0.3) is 0 Å². The van der Waals surface area contributed by atoms with E-state index < -0.39 is 16.1 Å². The van der Waals surface area contributed by atoms with Crippen LogP contribution in [0.5, 0.6) is 0 Å². The molecule has 0 bridgehead atoms. The zero-order valence-electron chi connectivity index (χ0n) is 23.2. The Hall–Kier alpha value is -3.53. The summed E-state index contributed by atoms with van der Waals surface area (Å²) in [6, 6.07) is 25.2. The first-order chi connectivity index (χ1) is 19.3. The normalized spacial score (nSPS) is 12.1. The van der Waals surface area contributed by atoms with Crippen molar-refractivity contribution in [1.82, 2.24) is 14.9 Å². The molecular weight excluding hydrogens is 526 g/mol. The number of carbonyl (C=O) groups excluding carboxylic acids is 2. The van der Waals surface area contributed by atoms with Gasteiger partial charge in [-0.2, -0.15) is 0 Å². The van der Waals surface area contributed by atoms with Crippen LogP contribution in [-0.2, 0) is 43.7 Å². The third-order valence-electron chi connectivity index (χ3n) is 6.49. The zero-order valence-corrected chi connectivity index (χ0v) is 24.0. The monoisotopic (exact) mass is 565 g/mol. The average Bonchev–Trinajstić information content (AvgIpc) is 2.97. The molecule has 214 valence electrons. The maximum atomic E-state index is 13.8. The molecule has 3 aromatic rings. The van der Waals surface area contributed by atoms with Crippen molar-refractivity contribution >= 4 is 21.8 Å². The Morgan fingerprint density at radius 3 is 2.10 bits per heavy atom. The van der Waals surface area contributed by atoms with Crippen LogP contribution in [-0.4, -0.2) is 58.0 Å². The van der Waals surface area contributed by atoms with Crippen LogP contribution in [0.4, 0.5) is 0 Å². The number of ether oxygens (including phenoxy) is 1. The molecule has 0 unspecified atom stereocenters. The summed E-state index contributed by atoms with van der Waals surface area (Å²) in [6.07, 6.45) is 1.65. The van der Waals surface area contributed by atoms with E-state index in [2.05, 4.69) is 10.0 Å². The minimum Gasteiger partial charge on any atom is -0.385 e. The van der Waals surface area contributed by atoms with Gasteiger partial charge in [0.15, 0.2) is 0 Å². The molecule has 0 aliphatic carbocycles. The van der Waals surface area contributed by atoms with Gasteiger partial charge in [0.2, 0.25) is 21.8 Å². The molecule has 1 atom stereocenters. The number of hydrogen-bond donors (Lipinski definition) is 2. The van der Waals surface area contributed by atoms with Gasteiger partial charge in [0.1, 0.15) is 6.04 Å². The minimum atomic E-state index is -3.55. The molecule has 0 radical (unpaired) electrons. The SMILES string of the molecule is CCNS(=O)(=O)c1ccc(CCC(=O)N(Cc2ccccc2)[C@@H](Cc2ccccc2)C(=O)NCCCOC)cc1. The standard InChI is InChI=1S/C31H39N3O5S/c1-3-33-40(37,38)28-18-15-25(16-19-28)17-20-30(35)34(24-27-13-8-5-9-14-27)29(23-26-11-6-4-7-12-26)31(36)32-21-10-22-39-2/h4-9,11-16,18-19,29,33H,3,10,17,20-24H2,1-2H3,(H,32,36)/t29-/m0/s1. The molecule has 9 heteroatoms. The van der Waals surface area contributed by atoms with Crippen molar-refractivity contribution in [2.75, 3.05) is 26.8 Å². The van der Waals surface area contributed by atoms with E-state index in [4.69, 9.17) is 4.74 Å². The summed E-state index contributed by atoms with van der Waals surface area (Å²) in [4.78, 5) is 29.1. The fourth-order valence-electron chi connectivity index (χ4n) is 4.38. The average molecular weight is 566 g/mol. The van der Waals surface area contributed by atoms with E-state index in [1.807, 2.05) is 60.7 Å². The first-order valence-electron chi connectivity index (χ1n) is 13.6. The summed E-state index contributed by atoms with van der Waals surface area (Å²) in [6.45, 7) is 3.31. The number of nitrogens with zero attached hydrogens (tertiary/aromatic N) is 1. The van der Waals surface area contributed by atoms with Gasteiger partial charge in [-0.25, -0.2) is 13.1 Å². The highest BCUT2D eigenvalue weighted by Gasteiger charge is 2.30. The predicted octanol–water partition coefficient (Wildman–Crippen LogP) is 3.71. The first-order valence-corrected chi connectivity index (χ1v) is 15.0. The first kappa shape index (κ1) is 31.0. The molecular formula is C31H39N3O5S. The number of methoxy groups -OCH3 is 1. The lowest BCUT2D eigenvalue weighted by atomic mass is 10.0. The van der Waals surface area contributed by atoms with Crippen LogP contribution in [0.2, 0.25) is 0 Å². The van der Waals surface area contributed by atoms with Crippen LogP contribution in [0.3, 0.4) is 0 Å². The quantitative estimate of drug-likeness (QED) is 0.258. The number of nitrogens with one attached hydrogen (secondary N) is 2. The second-order valence-corrected chi connectivity index (χ2v) is 11.3. The maximum absolute atomic E-state index is 13.8. The molecule has 0 heterocycles. The summed E-state index contributed by atoms with van der Waals surface area (Å²) < 4.78 is 32.1. The molecule has 3 aromatic carbocycles. The summed E-state index contributed by atoms with van der Waals surface area (Å²) in [5, 5.41) is 2.99. The lowest BCUT2D eigenvalue weighted by molar-refractivity contribution is -0.141. The van der Waals surface area contributed by atoms with E-state index in [9.17, 15) is 18.0 Å². The van der Waals surface area contributed by atoms with E-state index in [0.717, 1.165) is 16.7 Å². The van der Waals surface area contributed by atoms with Crippen LogP contribution >= 0.6 is 0 Å². The van der Waals surface area contributed by atoms with Crippen LogP contribution < -0.4 is 10.0 Å². The molecule has 0 spiro atoms. The number of amides is 2. The minimum absolute atomic E-state index is 0.152. The van der Waals surface area contributed by atoms with Crippen molar-refractivity contribution in [3.63, 3.8) is 0 Å². The van der Waals surface area contributed by atoms with Crippen molar-refractivity contribution in [3.05, 3.63) is 102 Å². The van der Waals surface area contributed by atoms with Gasteiger partial charge >= 0.3 is 0 Å². The fraction of sp³-hybridized carbons (Fsp3) is 0.355. The van der Waals surface area contributed by atoms with Crippen molar-refractivity contribution in [1.29, 1.82) is 0 Å². The van der Waals surface area contributed by atoms with Crippen LogP contribution in [0, 0.1) is 0 Å². The second kappa shape index (κ2) is 15.9. The van der Waals surface area contributed by atoms with Gasteiger partial charge in [0.25, 0.3) is 0 Å². The van der Waals surface area contributed by atoms with Gasteiger partial charge in [0, 0.05) is 46.2 Å². The molecule has 2 amide bonds. The Balaban J connectivity index is 1.82. The van der Waals surface area contributed by atoms with E-state index in [0.29, 0.717) is 45.5 Å². The smallest absolute Gasteiger partial charge is 0.243 e. The Kier molecular flexibility index (Phi) is 12.3. The Morgan fingerprint density at radius 1 is 0.875 bits per heavy atom. The van der Waals surface area contributed by atoms with Crippen molar-refractivity contribution in [2.45, 2.75) is 50.1 Å². The second-order valence-electron chi connectivity index (χ2n) is 9.50. The van der Waals surface area contributed by atoms with Crippen molar-refractivity contribution < 1.29 is 22.7 Å². The molecule has 3 rings (SSSR count). The molecule has 2 N–H and O–H groups in total. The predicted molar refractivity (Wildman–Crippen MR) is 156 cm³/mol. The van der Waals surface area contributed by atoms with Gasteiger partial charge in [0.05, 0.1) is 4.90 Å². The van der Waals surface area contributed by atoms with E-state index in [1.54, 1.807) is 43.2 Å². The lowest BCUT2D eigenvalue weighted by Gasteiger charge is -2.31. The summed E-state index contributed by atoms with van der Waals surface area (Å²) in [5.41, 5.74) is 2.73. The van der Waals surface area contributed by atoms with Gasteiger partial charge < -0.3 is 15.0 Å². The third kappa shape index (κ3) is 9.59. The van der Waals surface area contributed by atoms with Gasteiger partial charge in [-0.05, 0) is 41.7 Å². The number of hydrogen-bond acceptors (Lipinski definition) is 5. The topological polar surface area (TPSA) is 105 Å². The zero-order chi connectivity index (χ0) is 28.8. The van der Waals surface area contributed by atoms with Gasteiger partial charge in [-0.3, -0.25) is 9.59 Å². The number of carbonyl (C=O) groups is 2. The molecule has 0 fully saturated rings. The molecule has 0 saturated carbocycles. The summed E-state index contributed by atoms with van der Waals surface area (Å²) >= 11 is 0. The van der Waals surface area contributed by atoms with Gasteiger partial charge in [-0.15, -0.1) is 0 Å². The summed E-state index contributed by atoms with van der Waals surface area (Å²) in [5.74, 6) is -0.358. The fourth-order valence-corrected chi connectivity index (χ4v) is 5.42. The van der Waals surface area contributed by atoms with Crippen LogP contribution in [0.15, 0.2) is 89.8 Å². The third-order valence-corrected chi connectivity index (χ3v) is 8.05. The van der Waals surface area contributed by atoms with Crippen molar-refractivity contribution in [2.24, 2.45) is 0 Å². The number of aryl methyl sites for hydroxylation is 1. The van der Waals surface area contributed by atoms with Crippen molar-refractivity contribution in [3.8, 4) is 0 Å². The highest BCUT2D eigenvalue weighted by atomic mass is 32.2. The summed E-state index contributed by atoms with van der Waals surface area (Å²) in [7, 11) is -1.93. The molecule has 0 aromatic heterocycles. The molecule has 0 aliphatic heterocycles. The van der Waals surface area contributed by atoms with Gasteiger partial charge in [-0.1, -0.05) is 79.7 Å². The number of rotatable bonds is 16. The van der Waals surface area contributed by atoms with E-state index in [-0.39, 0.29) is 23.1 Å². The number of benzene rings is 3. The van der Waals surface area contributed by atoms with Crippen LogP contribution in [0.1, 0.15) is 36.5 Å². The molecule has 8 nitrogen and oxygen atoms in total. The Morgan fingerprint density at radius 2 is 1.50 bits per heavy atom. The van der Waals surface area contributed by atoms with E-state index in [1.165, 1.54) is 0 Å². The Labute approximate surface area is 237 Å². The van der Waals surface area contributed by atoms with E-state index >= 15 is 0 Å². The maximum Gasteiger partial charge on any atom is 0.243 e. The highest BCUT2D eigenvalue weighted by molar-refractivity contribution is 7.89. The Bertz CT molecular complexity index is 1300. The molecule has 0 aliphatic rings. The highest BCUT2D eigenvalue weighted by Crippen LogP contribution is 2.18. The number of sulfonamides is 1. The largest absolute Gasteiger partial charge is 0.385 e. The molecule has 0 saturated heterocycles. The lowest BCUT2D eigenvalue weighted by Crippen LogP contribution is -2.50. The molecule has 40 heavy (non-hydrogen) atoms.